The quantitative estimate of drug-likeness (QED) is 0.299. The smallest absolute Gasteiger partial charge is 0.232 e. The second-order valence-electron chi connectivity index (χ2n) is 12.9. The zero-order chi connectivity index (χ0) is 27.9. The molecule has 1 aromatic carbocycles. The van der Waals surface area contributed by atoms with Crippen molar-refractivity contribution in [1.29, 1.82) is 0 Å². The van der Waals surface area contributed by atoms with E-state index in [2.05, 4.69) is 39.3 Å². The standard InChI is InChI=1S/C33H40N4O4/c1-39-28-21-26(7-16-34-28)25-3-2-4-27(20-25)37(29(38)19-23-8-17-40-18-9-23)22-32-10-13-33(14-11-32,15-12-32)31-35-30(36-41-31)24-5-6-24/h2-4,7,16,20-21,23-24H,5-6,8-15,17-19,22H2,1H3. The molecule has 0 spiro atoms. The summed E-state index contributed by atoms with van der Waals surface area (Å²) in [6, 6.07) is 12.3. The van der Waals surface area contributed by atoms with Crippen LogP contribution in [-0.2, 0) is 14.9 Å². The summed E-state index contributed by atoms with van der Waals surface area (Å²) in [7, 11) is 1.63. The Morgan fingerprint density at radius 2 is 1.76 bits per heavy atom. The third-order valence-corrected chi connectivity index (χ3v) is 10.3. The van der Waals surface area contributed by atoms with E-state index in [1.54, 1.807) is 13.3 Å². The van der Waals surface area contributed by atoms with Crippen molar-refractivity contribution in [3.63, 3.8) is 0 Å². The van der Waals surface area contributed by atoms with Gasteiger partial charge < -0.3 is 18.9 Å². The maximum atomic E-state index is 14.1. The fourth-order valence-electron chi connectivity index (χ4n) is 7.30. The lowest BCUT2D eigenvalue weighted by atomic mass is 9.53. The minimum Gasteiger partial charge on any atom is -0.481 e. The topological polar surface area (TPSA) is 90.6 Å². The van der Waals surface area contributed by atoms with Crippen molar-refractivity contribution in [2.45, 2.75) is 82.0 Å². The van der Waals surface area contributed by atoms with Crippen LogP contribution in [0.4, 0.5) is 5.69 Å². The average Bonchev–Trinajstić information content (AvgIpc) is 3.76. The molecule has 0 N–H and O–H groups in total. The molecule has 5 aliphatic rings. The van der Waals surface area contributed by atoms with E-state index in [-0.39, 0.29) is 16.7 Å². The van der Waals surface area contributed by atoms with Gasteiger partial charge in [-0.05, 0) is 105 Å². The molecule has 1 amide bonds. The highest BCUT2D eigenvalue weighted by atomic mass is 16.5. The summed E-state index contributed by atoms with van der Waals surface area (Å²) in [4.78, 5) is 25.3. The number of anilines is 1. The first-order valence-electron chi connectivity index (χ1n) is 15.4. The molecule has 1 aliphatic heterocycles. The van der Waals surface area contributed by atoms with Gasteiger partial charge in [0.1, 0.15) is 0 Å². The number of pyridine rings is 1. The van der Waals surface area contributed by atoms with Gasteiger partial charge in [-0.2, -0.15) is 4.98 Å². The molecule has 3 heterocycles. The van der Waals surface area contributed by atoms with E-state index in [1.165, 1.54) is 12.8 Å². The molecule has 0 unspecified atom stereocenters. The van der Waals surface area contributed by atoms with Gasteiger partial charge in [0.05, 0.1) is 7.11 Å². The number of aromatic nitrogens is 3. The van der Waals surface area contributed by atoms with Crippen molar-refractivity contribution in [2.24, 2.45) is 11.3 Å². The first-order chi connectivity index (χ1) is 20.0. The molecular formula is C33H40N4O4. The van der Waals surface area contributed by atoms with Gasteiger partial charge in [0.15, 0.2) is 5.82 Å². The van der Waals surface area contributed by atoms with Crippen molar-refractivity contribution in [2.75, 3.05) is 31.8 Å². The fraction of sp³-hybridized carbons (Fsp3) is 0.576. The zero-order valence-electron chi connectivity index (χ0n) is 24.0. The highest BCUT2D eigenvalue weighted by Gasteiger charge is 2.53. The van der Waals surface area contributed by atoms with Gasteiger partial charge in [-0.1, -0.05) is 17.3 Å². The molecule has 5 fully saturated rings. The Morgan fingerprint density at radius 3 is 2.49 bits per heavy atom. The number of ether oxygens (including phenoxy) is 2. The van der Waals surface area contributed by atoms with Crippen LogP contribution in [-0.4, -0.2) is 47.9 Å². The number of hydrogen-bond acceptors (Lipinski definition) is 7. The molecule has 216 valence electrons. The number of rotatable bonds is 9. The molecule has 2 bridgehead atoms. The molecule has 4 aliphatic carbocycles. The van der Waals surface area contributed by atoms with Gasteiger partial charge >= 0.3 is 0 Å². The van der Waals surface area contributed by atoms with Crippen LogP contribution in [0, 0.1) is 11.3 Å². The van der Waals surface area contributed by atoms with E-state index in [9.17, 15) is 4.79 Å². The van der Waals surface area contributed by atoms with Crippen molar-refractivity contribution >= 4 is 11.6 Å². The Labute approximate surface area is 241 Å². The summed E-state index contributed by atoms with van der Waals surface area (Å²) >= 11 is 0. The van der Waals surface area contributed by atoms with Gasteiger partial charge in [0.2, 0.25) is 17.7 Å². The molecule has 8 rings (SSSR count). The first kappa shape index (κ1) is 26.6. The normalized spacial score (nSPS) is 26.2. The van der Waals surface area contributed by atoms with Crippen LogP contribution in [0.1, 0.15) is 88.3 Å². The molecule has 8 heteroatoms. The summed E-state index contributed by atoms with van der Waals surface area (Å²) < 4.78 is 16.8. The van der Waals surface area contributed by atoms with E-state index < -0.39 is 0 Å². The highest BCUT2D eigenvalue weighted by Crippen LogP contribution is 2.58. The predicted molar refractivity (Wildman–Crippen MR) is 155 cm³/mol. The molecular weight excluding hydrogens is 516 g/mol. The number of carbonyl (C=O) groups excluding carboxylic acids is 1. The third kappa shape index (κ3) is 5.39. The third-order valence-electron chi connectivity index (χ3n) is 10.3. The fourth-order valence-corrected chi connectivity index (χ4v) is 7.30. The van der Waals surface area contributed by atoms with Crippen molar-refractivity contribution in [3.8, 4) is 17.0 Å². The Balaban J connectivity index is 1.14. The Morgan fingerprint density at radius 1 is 1.00 bits per heavy atom. The molecule has 2 aromatic heterocycles. The number of nitrogens with zero attached hydrogens (tertiary/aromatic N) is 4. The van der Waals surface area contributed by atoms with Crippen LogP contribution in [0.25, 0.3) is 11.1 Å². The minimum absolute atomic E-state index is 0.0130. The number of amides is 1. The summed E-state index contributed by atoms with van der Waals surface area (Å²) in [5.41, 5.74) is 3.18. The molecule has 0 atom stereocenters. The number of benzene rings is 1. The number of fused-ring (bicyclic) bond motifs is 3. The highest BCUT2D eigenvalue weighted by molar-refractivity contribution is 5.94. The van der Waals surface area contributed by atoms with Gasteiger partial charge in [-0.25, -0.2) is 4.98 Å². The summed E-state index contributed by atoms with van der Waals surface area (Å²) in [6.45, 7) is 2.26. The van der Waals surface area contributed by atoms with Gasteiger partial charge in [0, 0.05) is 55.5 Å². The second-order valence-corrected chi connectivity index (χ2v) is 12.9. The predicted octanol–water partition coefficient (Wildman–Crippen LogP) is 6.46. The lowest BCUT2D eigenvalue weighted by Crippen LogP contribution is -2.51. The molecule has 4 saturated carbocycles. The van der Waals surface area contributed by atoms with Crippen molar-refractivity contribution in [3.05, 3.63) is 54.3 Å². The number of carbonyl (C=O) groups is 1. The zero-order valence-corrected chi connectivity index (χ0v) is 24.0. The van der Waals surface area contributed by atoms with Crippen molar-refractivity contribution in [1.82, 2.24) is 15.1 Å². The molecule has 3 aromatic rings. The van der Waals surface area contributed by atoms with E-state index in [4.69, 9.17) is 19.0 Å². The van der Waals surface area contributed by atoms with E-state index >= 15 is 0 Å². The van der Waals surface area contributed by atoms with Gasteiger partial charge in [-0.15, -0.1) is 0 Å². The van der Waals surface area contributed by atoms with Crippen LogP contribution in [0.2, 0.25) is 0 Å². The maximum Gasteiger partial charge on any atom is 0.232 e. The van der Waals surface area contributed by atoms with Crippen LogP contribution < -0.4 is 9.64 Å². The monoisotopic (exact) mass is 556 g/mol. The molecule has 0 radical (unpaired) electrons. The molecule has 1 saturated heterocycles. The lowest BCUT2D eigenvalue weighted by Gasteiger charge is -2.53. The SMILES string of the molecule is COc1cc(-c2cccc(N(CC34CCC(c5nc(C6CC6)no5)(CC3)CC4)C(=O)CC3CCOCC3)c2)ccn1. The Hall–Kier alpha value is -3.26. The van der Waals surface area contributed by atoms with E-state index in [0.29, 0.717) is 24.1 Å². The Kier molecular flexibility index (Phi) is 7.05. The first-order valence-corrected chi connectivity index (χ1v) is 15.4. The second kappa shape index (κ2) is 10.9. The maximum absolute atomic E-state index is 14.1. The summed E-state index contributed by atoms with van der Waals surface area (Å²) in [5.74, 6) is 3.47. The largest absolute Gasteiger partial charge is 0.481 e. The minimum atomic E-state index is 0.0130. The lowest BCUT2D eigenvalue weighted by molar-refractivity contribution is -0.121. The van der Waals surface area contributed by atoms with Crippen molar-refractivity contribution < 1.29 is 18.8 Å². The van der Waals surface area contributed by atoms with Gasteiger partial charge in [-0.3, -0.25) is 4.79 Å². The summed E-state index contributed by atoms with van der Waals surface area (Å²) in [6.07, 6.45) is 13.0. The molecule has 8 nitrogen and oxygen atoms in total. The van der Waals surface area contributed by atoms with Crippen LogP contribution >= 0.6 is 0 Å². The van der Waals surface area contributed by atoms with Crippen LogP contribution in [0.3, 0.4) is 0 Å². The summed E-state index contributed by atoms with van der Waals surface area (Å²) in [5, 5.41) is 4.33. The van der Waals surface area contributed by atoms with E-state index in [0.717, 1.165) is 99.7 Å². The average molecular weight is 557 g/mol. The Bertz CT molecular complexity index is 1370. The number of methoxy groups -OCH3 is 1. The van der Waals surface area contributed by atoms with Crippen LogP contribution in [0.5, 0.6) is 5.88 Å². The van der Waals surface area contributed by atoms with Gasteiger partial charge in [0.25, 0.3) is 0 Å². The molecule has 41 heavy (non-hydrogen) atoms. The van der Waals surface area contributed by atoms with Crippen LogP contribution in [0.15, 0.2) is 47.1 Å². The number of hydrogen-bond donors (Lipinski definition) is 0. The van der Waals surface area contributed by atoms with E-state index in [1.807, 2.05) is 12.1 Å².